The summed E-state index contributed by atoms with van der Waals surface area (Å²) in [4.78, 5) is 4.35. The second kappa shape index (κ2) is 11.7. The third-order valence-electron chi connectivity index (χ3n) is 4.97. The van der Waals surface area contributed by atoms with Crippen molar-refractivity contribution in [2.45, 2.75) is 52.0 Å². The van der Waals surface area contributed by atoms with Crippen molar-refractivity contribution in [3.05, 3.63) is 18.0 Å². The largest absolute Gasteiger partial charge is 0.385 e. The molecule has 0 bridgehead atoms. The van der Waals surface area contributed by atoms with E-state index in [2.05, 4.69) is 33.8 Å². The molecule has 2 rings (SSSR count). The lowest BCUT2D eigenvalue weighted by Gasteiger charge is -2.30. The summed E-state index contributed by atoms with van der Waals surface area (Å²) in [6, 6.07) is 0. The van der Waals surface area contributed by atoms with E-state index < -0.39 is 0 Å². The van der Waals surface area contributed by atoms with Gasteiger partial charge in [-0.05, 0) is 43.6 Å². The molecule has 0 aliphatic heterocycles. The molecule has 0 amide bonds. The second-order valence-corrected chi connectivity index (χ2v) is 6.94. The van der Waals surface area contributed by atoms with E-state index in [1.165, 1.54) is 31.2 Å². The van der Waals surface area contributed by atoms with Crippen molar-refractivity contribution in [2.75, 3.05) is 33.9 Å². The summed E-state index contributed by atoms with van der Waals surface area (Å²) >= 11 is 0. The molecule has 0 saturated heterocycles. The van der Waals surface area contributed by atoms with Crippen LogP contribution in [0.4, 0.5) is 0 Å². The van der Waals surface area contributed by atoms with Crippen LogP contribution in [0.25, 0.3) is 0 Å². The predicted molar refractivity (Wildman–Crippen MR) is 114 cm³/mol. The Hall–Kier alpha value is -0.830. The average molecular weight is 463 g/mol. The maximum absolute atomic E-state index is 5.30. The molecule has 7 heteroatoms. The number of nitrogens with one attached hydrogen (secondary N) is 2. The van der Waals surface area contributed by atoms with Crippen molar-refractivity contribution in [3.63, 3.8) is 0 Å². The first-order valence-corrected chi connectivity index (χ1v) is 9.10. The van der Waals surface area contributed by atoms with Gasteiger partial charge in [-0.2, -0.15) is 5.10 Å². The van der Waals surface area contributed by atoms with E-state index in [-0.39, 0.29) is 24.0 Å². The van der Waals surface area contributed by atoms with Crippen LogP contribution in [0.15, 0.2) is 17.4 Å². The Morgan fingerprint density at radius 3 is 2.72 bits per heavy atom. The van der Waals surface area contributed by atoms with Crippen molar-refractivity contribution >= 4 is 29.9 Å². The Morgan fingerprint density at radius 1 is 1.36 bits per heavy atom. The van der Waals surface area contributed by atoms with Gasteiger partial charge in [-0.25, -0.2) is 0 Å². The van der Waals surface area contributed by atoms with Crippen LogP contribution in [0.3, 0.4) is 0 Å². The van der Waals surface area contributed by atoms with Gasteiger partial charge in [-0.1, -0.05) is 12.8 Å². The summed E-state index contributed by atoms with van der Waals surface area (Å²) in [5, 5.41) is 11.2. The summed E-state index contributed by atoms with van der Waals surface area (Å²) < 4.78 is 7.29. The lowest BCUT2D eigenvalue weighted by Crippen LogP contribution is -2.43. The van der Waals surface area contributed by atoms with Crippen LogP contribution in [0.1, 0.15) is 44.1 Å². The number of hydrogen-bond donors (Lipinski definition) is 2. The number of nitrogens with zero attached hydrogens (tertiary/aromatic N) is 3. The van der Waals surface area contributed by atoms with Crippen LogP contribution < -0.4 is 10.6 Å². The molecule has 1 aliphatic rings. The van der Waals surface area contributed by atoms with E-state index in [1.807, 2.05) is 17.9 Å². The minimum atomic E-state index is 0. The molecular weight excluding hydrogens is 429 g/mol. The number of halogens is 1. The monoisotopic (exact) mass is 463 g/mol. The van der Waals surface area contributed by atoms with Crippen LogP contribution >= 0.6 is 24.0 Å². The maximum Gasteiger partial charge on any atom is 0.190 e. The molecule has 0 unspecified atom stereocenters. The molecule has 1 fully saturated rings. The molecule has 0 spiro atoms. The van der Waals surface area contributed by atoms with E-state index in [9.17, 15) is 0 Å². The van der Waals surface area contributed by atoms with Gasteiger partial charge in [-0.15, -0.1) is 24.0 Å². The first-order chi connectivity index (χ1) is 11.7. The third kappa shape index (κ3) is 7.52. The van der Waals surface area contributed by atoms with Gasteiger partial charge in [0.2, 0.25) is 0 Å². The molecule has 1 aromatic heterocycles. The second-order valence-electron chi connectivity index (χ2n) is 6.94. The number of aliphatic imine (C=N–C) groups is 1. The molecule has 0 radical (unpaired) electrons. The Morgan fingerprint density at radius 2 is 2.12 bits per heavy atom. The highest BCUT2D eigenvalue weighted by atomic mass is 127. The Labute approximate surface area is 169 Å². The molecule has 6 nitrogen and oxygen atoms in total. The summed E-state index contributed by atoms with van der Waals surface area (Å²) in [6.07, 6.45) is 11.4. The first kappa shape index (κ1) is 22.2. The van der Waals surface area contributed by atoms with E-state index in [1.54, 1.807) is 7.11 Å². The quantitative estimate of drug-likeness (QED) is 0.256. The highest BCUT2D eigenvalue weighted by Crippen LogP contribution is 2.40. The Balaban J connectivity index is 0.00000312. The number of aryl methyl sites for hydroxylation is 2. The predicted octanol–water partition coefficient (Wildman–Crippen LogP) is 2.96. The van der Waals surface area contributed by atoms with E-state index >= 15 is 0 Å². The van der Waals surface area contributed by atoms with Crippen molar-refractivity contribution in [2.24, 2.45) is 10.4 Å². The third-order valence-corrected chi connectivity index (χ3v) is 4.97. The normalized spacial score (nSPS) is 16.5. The van der Waals surface area contributed by atoms with E-state index in [0.717, 1.165) is 45.0 Å². The van der Waals surface area contributed by atoms with Gasteiger partial charge in [0.05, 0.1) is 6.20 Å². The van der Waals surface area contributed by atoms with Gasteiger partial charge in [0.15, 0.2) is 5.96 Å². The lowest BCUT2D eigenvalue weighted by atomic mass is 9.83. The smallest absolute Gasteiger partial charge is 0.190 e. The minimum Gasteiger partial charge on any atom is -0.385 e. The number of aromatic nitrogens is 2. The van der Waals surface area contributed by atoms with Gasteiger partial charge >= 0.3 is 0 Å². The highest BCUT2D eigenvalue weighted by Gasteiger charge is 2.33. The summed E-state index contributed by atoms with van der Waals surface area (Å²) in [5.41, 5.74) is 1.58. The molecule has 1 heterocycles. The van der Waals surface area contributed by atoms with Crippen molar-refractivity contribution in [3.8, 4) is 0 Å². The maximum atomic E-state index is 5.30. The van der Waals surface area contributed by atoms with Gasteiger partial charge in [-0.3, -0.25) is 9.67 Å². The molecule has 144 valence electrons. The topological polar surface area (TPSA) is 63.5 Å². The zero-order valence-electron chi connectivity index (χ0n) is 15.9. The number of guanidine groups is 1. The molecule has 25 heavy (non-hydrogen) atoms. The number of ether oxygens (including phenoxy) is 1. The molecular formula is C18H34IN5O. The van der Waals surface area contributed by atoms with Crippen LogP contribution in [0.2, 0.25) is 0 Å². The Kier molecular flexibility index (Phi) is 10.4. The van der Waals surface area contributed by atoms with Crippen LogP contribution in [0, 0.1) is 12.3 Å². The SMILES string of the molecule is CN=C(NCCCn1cc(C)cn1)NCC1(CCOC)CCCC1.I. The van der Waals surface area contributed by atoms with Crippen LogP contribution in [-0.2, 0) is 11.3 Å². The zero-order chi connectivity index (χ0) is 17.3. The van der Waals surface area contributed by atoms with Crippen molar-refractivity contribution in [1.29, 1.82) is 0 Å². The molecule has 0 aromatic carbocycles. The highest BCUT2D eigenvalue weighted by molar-refractivity contribution is 14.0. The molecule has 0 atom stereocenters. The van der Waals surface area contributed by atoms with Gasteiger partial charge in [0.25, 0.3) is 0 Å². The number of hydrogen-bond acceptors (Lipinski definition) is 3. The fourth-order valence-corrected chi connectivity index (χ4v) is 3.49. The lowest BCUT2D eigenvalue weighted by molar-refractivity contribution is 0.138. The minimum absolute atomic E-state index is 0. The number of rotatable bonds is 9. The number of methoxy groups -OCH3 is 1. The van der Waals surface area contributed by atoms with Crippen LogP contribution in [0.5, 0.6) is 0 Å². The van der Waals surface area contributed by atoms with Gasteiger partial charge in [0, 0.05) is 46.6 Å². The molecule has 1 saturated carbocycles. The fourth-order valence-electron chi connectivity index (χ4n) is 3.49. The van der Waals surface area contributed by atoms with Gasteiger partial charge in [0.1, 0.15) is 0 Å². The fraction of sp³-hybridized carbons (Fsp3) is 0.778. The standard InChI is InChI=1S/C18H33N5O.HI/c1-16-13-22-23(14-16)11-6-10-20-17(19-2)21-15-18(9-12-24-3)7-4-5-8-18;/h13-14H,4-12,15H2,1-3H3,(H2,19,20,21);1H. The summed E-state index contributed by atoms with van der Waals surface area (Å²) in [6.45, 7) is 5.71. The van der Waals surface area contributed by atoms with Crippen molar-refractivity contribution < 1.29 is 4.74 Å². The van der Waals surface area contributed by atoms with Crippen molar-refractivity contribution in [1.82, 2.24) is 20.4 Å². The first-order valence-electron chi connectivity index (χ1n) is 9.10. The molecule has 2 N–H and O–H groups in total. The molecule has 1 aromatic rings. The Bertz CT molecular complexity index is 511. The average Bonchev–Trinajstić information content (AvgIpc) is 3.22. The van der Waals surface area contributed by atoms with Gasteiger partial charge < -0.3 is 15.4 Å². The zero-order valence-corrected chi connectivity index (χ0v) is 18.2. The molecule has 1 aliphatic carbocycles. The van der Waals surface area contributed by atoms with Crippen LogP contribution in [-0.4, -0.2) is 49.6 Å². The summed E-state index contributed by atoms with van der Waals surface area (Å²) in [7, 11) is 3.63. The van der Waals surface area contributed by atoms with E-state index in [0.29, 0.717) is 5.41 Å². The van der Waals surface area contributed by atoms with E-state index in [4.69, 9.17) is 4.74 Å². The summed E-state index contributed by atoms with van der Waals surface area (Å²) in [5.74, 6) is 0.898.